The van der Waals surface area contributed by atoms with Gasteiger partial charge < -0.3 is 10.3 Å². The molecule has 0 saturated heterocycles. The van der Waals surface area contributed by atoms with Crippen molar-refractivity contribution >= 4 is 5.84 Å². The highest BCUT2D eigenvalue weighted by Crippen LogP contribution is 2.14. The van der Waals surface area contributed by atoms with Crippen molar-refractivity contribution in [3.63, 3.8) is 0 Å². The van der Waals surface area contributed by atoms with E-state index in [4.69, 9.17) is 11.1 Å². The third-order valence-electron chi connectivity index (χ3n) is 2.72. The fraction of sp³-hybridized carbons (Fsp3) is 0.308. The normalized spacial score (nSPS) is 10.8. The van der Waals surface area contributed by atoms with Crippen molar-refractivity contribution in [1.82, 2.24) is 14.5 Å². The first-order valence-corrected chi connectivity index (χ1v) is 5.88. The van der Waals surface area contributed by atoms with E-state index in [1.807, 2.05) is 24.5 Å². The summed E-state index contributed by atoms with van der Waals surface area (Å²) in [5, 5.41) is 7.39. The van der Waals surface area contributed by atoms with Crippen LogP contribution in [0.4, 0.5) is 0 Å². The molecule has 0 aliphatic carbocycles. The highest BCUT2D eigenvalue weighted by Gasteiger charge is 2.08. The molecule has 0 spiro atoms. The van der Waals surface area contributed by atoms with E-state index in [1.165, 1.54) is 0 Å². The summed E-state index contributed by atoms with van der Waals surface area (Å²) < 4.78 is 2.10. The average Bonchev–Trinajstić information content (AvgIpc) is 2.77. The summed E-state index contributed by atoms with van der Waals surface area (Å²) in [6.07, 6.45) is 5.45. The summed E-state index contributed by atoms with van der Waals surface area (Å²) in [7, 11) is 0. The van der Waals surface area contributed by atoms with Crippen LogP contribution >= 0.6 is 0 Å². The number of imidazole rings is 1. The van der Waals surface area contributed by atoms with Crippen LogP contribution in [0.25, 0.3) is 0 Å². The topological polar surface area (TPSA) is 80.6 Å². The second-order valence-electron chi connectivity index (χ2n) is 4.53. The molecule has 0 aliphatic heterocycles. The van der Waals surface area contributed by atoms with Gasteiger partial charge in [-0.3, -0.25) is 10.4 Å². The number of rotatable bonds is 4. The maximum atomic E-state index is 7.39. The minimum atomic E-state index is -0.00781. The Labute approximate surface area is 106 Å². The molecule has 0 aliphatic rings. The lowest BCUT2D eigenvalue weighted by atomic mass is 10.2. The summed E-state index contributed by atoms with van der Waals surface area (Å²) in [5.41, 5.74) is 7.01. The molecule has 2 rings (SSSR count). The van der Waals surface area contributed by atoms with Crippen LogP contribution in [0.5, 0.6) is 0 Å². The molecule has 18 heavy (non-hydrogen) atoms. The molecule has 0 fully saturated rings. The molecule has 0 aromatic carbocycles. The number of nitrogens with one attached hydrogen (secondary N) is 1. The van der Waals surface area contributed by atoms with Crippen molar-refractivity contribution < 1.29 is 0 Å². The number of amidine groups is 1. The predicted molar refractivity (Wildman–Crippen MR) is 70.7 cm³/mol. The van der Waals surface area contributed by atoms with Gasteiger partial charge >= 0.3 is 0 Å². The first-order valence-electron chi connectivity index (χ1n) is 5.88. The Bertz CT molecular complexity index is 556. The zero-order chi connectivity index (χ0) is 13.1. The molecule has 2 heterocycles. The summed E-state index contributed by atoms with van der Waals surface area (Å²) in [6.45, 7) is 4.95. The first-order chi connectivity index (χ1) is 8.58. The molecule has 2 aromatic heterocycles. The van der Waals surface area contributed by atoms with Gasteiger partial charge in [0.25, 0.3) is 0 Å². The number of nitrogens with two attached hydrogens (primary N) is 1. The second-order valence-corrected chi connectivity index (χ2v) is 4.53. The number of aromatic nitrogens is 3. The minimum Gasteiger partial charge on any atom is -0.382 e. The number of hydrogen-bond donors (Lipinski definition) is 2. The molecular formula is C13H17N5. The maximum absolute atomic E-state index is 7.39. The van der Waals surface area contributed by atoms with Crippen LogP contribution in [-0.4, -0.2) is 20.4 Å². The zero-order valence-electron chi connectivity index (χ0n) is 10.6. The molecule has 0 bridgehead atoms. The molecule has 3 N–H and O–H groups in total. The van der Waals surface area contributed by atoms with Gasteiger partial charge in [0, 0.05) is 31.1 Å². The Morgan fingerprint density at radius 3 is 2.83 bits per heavy atom. The fourth-order valence-corrected chi connectivity index (χ4v) is 1.87. The second kappa shape index (κ2) is 5.00. The van der Waals surface area contributed by atoms with Crippen molar-refractivity contribution in [3.8, 4) is 0 Å². The van der Waals surface area contributed by atoms with Crippen LogP contribution in [0.3, 0.4) is 0 Å². The van der Waals surface area contributed by atoms with E-state index in [0.29, 0.717) is 11.6 Å². The molecular weight excluding hydrogens is 226 g/mol. The van der Waals surface area contributed by atoms with Gasteiger partial charge in [0.2, 0.25) is 0 Å². The van der Waals surface area contributed by atoms with Gasteiger partial charge in [-0.1, -0.05) is 13.8 Å². The quantitative estimate of drug-likeness (QED) is 0.634. The average molecular weight is 243 g/mol. The van der Waals surface area contributed by atoms with Crippen molar-refractivity contribution in [2.75, 3.05) is 0 Å². The maximum Gasteiger partial charge on any atom is 0.141 e. The van der Waals surface area contributed by atoms with E-state index in [0.717, 1.165) is 17.9 Å². The molecule has 2 aromatic rings. The molecule has 5 nitrogen and oxygen atoms in total. The molecule has 0 radical (unpaired) electrons. The summed E-state index contributed by atoms with van der Waals surface area (Å²) in [6, 6.07) is 3.77. The number of nitrogen functional groups attached to an aromatic ring is 1. The minimum absolute atomic E-state index is 0.00781. The van der Waals surface area contributed by atoms with Gasteiger partial charge in [0.1, 0.15) is 17.4 Å². The van der Waals surface area contributed by atoms with E-state index < -0.39 is 0 Å². The smallest absolute Gasteiger partial charge is 0.141 e. The summed E-state index contributed by atoms with van der Waals surface area (Å²) in [5.74, 6) is 1.43. The van der Waals surface area contributed by atoms with E-state index in [2.05, 4.69) is 28.4 Å². The van der Waals surface area contributed by atoms with E-state index in [1.54, 1.807) is 6.20 Å². The Morgan fingerprint density at radius 1 is 1.39 bits per heavy atom. The molecule has 5 heteroatoms. The first kappa shape index (κ1) is 12.3. The lowest BCUT2D eigenvalue weighted by molar-refractivity contribution is 0.669. The molecule has 94 valence electrons. The van der Waals surface area contributed by atoms with Crippen molar-refractivity contribution in [1.29, 1.82) is 5.41 Å². The standard InChI is InChI=1S/C13H17N5/c1-9(2)13-17-5-6-18(13)8-10-3-4-16-11(7-10)12(14)15/h3-7,9H,8H2,1-2H3,(H3,14,15). The van der Waals surface area contributed by atoms with Crippen molar-refractivity contribution in [3.05, 3.63) is 47.8 Å². The van der Waals surface area contributed by atoms with Gasteiger partial charge in [-0.2, -0.15) is 0 Å². The Hall–Kier alpha value is -2.17. The van der Waals surface area contributed by atoms with Gasteiger partial charge in [-0.05, 0) is 17.7 Å². The molecule has 0 unspecified atom stereocenters. The van der Waals surface area contributed by atoms with Crippen LogP contribution in [0.2, 0.25) is 0 Å². The van der Waals surface area contributed by atoms with Crippen LogP contribution in [0.1, 0.15) is 36.8 Å². The lowest BCUT2D eigenvalue weighted by Gasteiger charge is -2.10. The zero-order valence-corrected chi connectivity index (χ0v) is 10.6. The lowest BCUT2D eigenvalue weighted by Crippen LogP contribution is -2.14. The molecule has 0 amide bonds. The highest BCUT2D eigenvalue weighted by atomic mass is 15.1. The summed E-state index contributed by atoms with van der Waals surface area (Å²) in [4.78, 5) is 8.40. The number of hydrogen-bond acceptors (Lipinski definition) is 3. The van der Waals surface area contributed by atoms with Gasteiger partial charge in [-0.25, -0.2) is 4.98 Å². The van der Waals surface area contributed by atoms with E-state index in [-0.39, 0.29) is 5.84 Å². The van der Waals surface area contributed by atoms with Crippen LogP contribution in [0, 0.1) is 5.41 Å². The third kappa shape index (κ3) is 2.56. The Balaban J connectivity index is 2.26. The van der Waals surface area contributed by atoms with Crippen molar-refractivity contribution in [2.45, 2.75) is 26.3 Å². The van der Waals surface area contributed by atoms with Crippen LogP contribution in [-0.2, 0) is 6.54 Å². The molecule has 0 saturated carbocycles. The third-order valence-corrected chi connectivity index (χ3v) is 2.72. The van der Waals surface area contributed by atoms with Crippen LogP contribution in [0.15, 0.2) is 30.7 Å². The Kier molecular flexibility index (Phi) is 3.41. The molecule has 0 atom stereocenters. The van der Waals surface area contributed by atoms with Gasteiger partial charge in [-0.15, -0.1) is 0 Å². The fourth-order valence-electron chi connectivity index (χ4n) is 1.87. The van der Waals surface area contributed by atoms with Gasteiger partial charge in [0.05, 0.1) is 0 Å². The van der Waals surface area contributed by atoms with Gasteiger partial charge in [0.15, 0.2) is 0 Å². The summed E-state index contributed by atoms with van der Waals surface area (Å²) >= 11 is 0. The number of nitrogens with zero attached hydrogens (tertiary/aromatic N) is 3. The Morgan fingerprint density at radius 2 is 2.17 bits per heavy atom. The monoisotopic (exact) mass is 243 g/mol. The van der Waals surface area contributed by atoms with Crippen molar-refractivity contribution in [2.24, 2.45) is 5.73 Å². The van der Waals surface area contributed by atoms with E-state index >= 15 is 0 Å². The highest BCUT2D eigenvalue weighted by molar-refractivity contribution is 5.93. The van der Waals surface area contributed by atoms with Crippen LogP contribution < -0.4 is 5.73 Å². The SMILES string of the molecule is CC(C)c1nccn1Cc1ccnc(C(=N)N)c1. The van der Waals surface area contributed by atoms with E-state index in [9.17, 15) is 0 Å². The number of pyridine rings is 1. The predicted octanol–water partition coefficient (Wildman–Crippen LogP) is 1.73. The largest absolute Gasteiger partial charge is 0.382 e.